The van der Waals surface area contributed by atoms with Crippen LogP contribution in [0, 0.1) is 0 Å². The van der Waals surface area contributed by atoms with Crippen LogP contribution in [0.5, 0.6) is 0 Å². The quantitative estimate of drug-likeness (QED) is 0.881. The molecule has 1 heterocycles. The van der Waals surface area contributed by atoms with Gasteiger partial charge in [-0.25, -0.2) is 0 Å². The minimum atomic E-state index is 0.291. The molecule has 0 bridgehead atoms. The average molecular weight is 346 g/mol. The molecule has 0 radical (unpaired) electrons. The van der Waals surface area contributed by atoms with E-state index in [1.54, 1.807) is 0 Å². The highest BCUT2D eigenvalue weighted by Gasteiger charge is 2.30. The van der Waals surface area contributed by atoms with Gasteiger partial charge in [-0.1, -0.05) is 33.6 Å². The van der Waals surface area contributed by atoms with E-state index in [0.29, 0.717) is 11.6 Å². The molecule has 1 aliphatic heterocycles. The standard InChI is InChI=1S/C15H22BrClN2/c1-11(13-5-4-12(16)10-14(13)17)19-8-6-15(2,18-3)7-9-19/h4-5,10-11,18H,6-9H2,1-3H3. The molecular weight excluding hydrogens is 324 g/mol. The molecule has 1 N–H and O–H groups in total. The number of likely N-dealkylation sites (tertiary alicyclic amines) is 1. The summed E-state index contributed by atoms with van der Waals surface area (Å²) in [5.41, 5.74) is 1.51. The third-order valence-corrected chi connectivity index (χ3v) is 5.29. The van der Waals surface area contributed by atoms with E-state index in [2.05, 4.69) is 59.2 Å². The third kappa shape index (κ3) is 3.52. The summed E-state index contributed by atoms with van der Waals surface area (Å²) < 4.78 is 1.04. The monoisotopic (exact) mass is 344 g/mol. The highest BCUT2D eigenvalue weighted by atomic mass is 79.9. The Hall–Kier alpha value is -0.0900. The second-order valence-corrected chi connectivity index (χ2v) is 7.01. The lowest BCUT2D eigenvalue weighted by atomic mass is 9.88. The van der Waals surface area contributed by atoms with Crippen LogP contribution in [-0.2, 0) is 0 Å². The number of rotatable bonds is 3. The lowest BCUT2D eigenvalue weighted by molar-refractivity contribution is 0.117. The molecule has 2 rings (SSSR count). The van der Waals surface area contributed by atoms with Crippen LogP contribution in [0.2, 0.25) is 5.02 Å². The van der Waals surface area contributed by atoms with Crippen molar-refractivity contribution < 1.29 is 0 Å². The minimum absolute atomic E-state index is 0.291. The van der Waals surface area contributed by atoms with Gasteiger partial charge in [-0.3, -0.25) is 4.90 Å². The molecule has 2 nitrogen and oxygen atoms in total. The van der Waals surface area contributed by atoms with Crippen LogP contribution in [0.1, 0.15) is 38.3 Å². The van der Waals surface area contributed by atoms with Gasteiger partial charge in [0.1, 0.15) is 0 Å². The maximum Gasteiger partial charge on any atom is 0.0464 e. The Bertz CT molecular complexity index is 442. The average Bonchev–Trinajstić information content (AvgIpc) is 2.39. The topological polar surface area (TPSA) is 15.3 Å². The largest absolute Gasteiger partial charge is 0.314 e. The summed E-state index contributed by atoms with van der Waals surface area (Å²) in [5.74, 6) is 0. The highest BCUT2D eigenvalue weighted by Crippen LogP contribution is 2.33. The fourth-order valence-corrected chi connectivity index (χ4v) is 3.52. The van der Waals surface area contributed by atoms with Crippen LogP contribution in [-0.4, -0.2) is 30.6 Å². The lowest BCUT2D eigenvalue weighted by Crippen LogP contribution is -2.50. The summed E-state index contributed by atoms with van der Waals surface area (Å²) >= 11 is 9.82. The number of piperidine rings is 1. The van der Waals surface area contributed by atoms with E-state index in [1.807, 2.05) is 6.07 Å². The predicted molar refractivity (Wildman–Crippen MR) is 85.8 cm³/mol. The molecule has 0 aliphatic carbocycles. The van der Waals surface area contributed by atoms with Crippen molar-refractivity contribution in [1.82, 2.24) is 10.2 Å². The third-order valence-electron chi connectivity index (χ3n) is 4.47. The number of hydrogen-bond donors (Lipinski definition) is 1. The zero-order valence-corrected chi connectivity index (χ0v) is 14.2. The Kier molecular flexibility index (Phi) is 4.93. The van der Waals surface area contributed by atoms with E-state index < -0.39 is 0 Å². The summed E-state index contributed by atoms with van der Waals surface area (Å²) in [4.78, 5) is 2.52. The maximum absolute atomic E-state index is 6.36. The number of nitrogens with zero attached hydrogens (tertiary/aromatic N) is 1. The molecular formula is C15H22BrClN2. The van der Waals surface area contributed by atoms with Gasteiger partial charge in [0.05, 0.1) is 0 Å². The Balaban J connectivity index is 2.07. The molecule has 1 aromatic carbocycles. The Labute approximate surface area is 129 Å². The van der Waals surface area contributed by atoms with Gasteiger partial charge < -0.3 is 5.32 Å². The number of hydrogen-bond acceptors (Lipinski definition) is 2. The molecule has 0 aromatic heterocycles. The first-order valence-corrected chi connectivity index (χ1v) is 8.00. The van der Waals surface area contributed by atoms with E-state index in [-0.39, 0.29) is 0 Å². The van der Waals surface area contributed by atoms with E-state index in [9.17, 15) is 0 Å². The van der Waals surface area contributed by atoms with Gasteiger partial charge in [-0.05, 0) is 51.4 Å². The van der Waals surface area contributed by atoms with Crippen molar-refractivity contribution >= 4 is 27.5 Å². The van der Waals surface area contributed by atoms with Gasteiger partial charge in [-0.2, -0.15) is 0 Å². The van der Waals surface area contributed by atoms with Gasteiger partial charge >= 0.3 is 0 Å². The van der Waals surface area contributed by atoms with E-state index in [0.717, 1.165) is 22.6 Å². The smallest absolute Gasteiger partial charge is 0.0464 e. The normalized spacial score (nSPS) is 21.3. The molecule has 19 heavy (non-hydrogen) atoms. The maximum atomic E-state index is 6.36. The van der Waals surface area contributed by atoms with Crippen molar-refractivity contribution in [2.24, 2.45) is 0 Å². The predicted octanol–water partition coefficient (Wildman–Crippen LogP) is 4.24. The second-order valence-electron chi connectivity index (χ2n) is 5.69. The molecule has 1 aliphatic rings. The molecule has 0 saturated carbocycles. The van der Waals surface area contributed by atoms with Crippen molar-refractivity contribution in [3.63, 3.8) is 0 Å². The summed E-state index contributed by atoms with van der Waals surface area (Å²) in [5, 5.41) is 4.29. The molecule has 1 saturated heterocycles. The van der Waals surface area contributed by atoms with Crippen LogP contribution >= 0.6 is 27.5 Å². The van der Waals surface area contributed by atoms with Crippen LogP contribution in [0.3, 0.4) is 0 Å². The van der Waals surface area contributed by atoms with Crippen LogP contribution in [0.25, 0.3) is 0 Å². The van der Waals surface area contributed by atoms with Crippen LogP contribution < -0.4 is 5.32 Å². The summed E-state index contributed by atoms with van der Waals surface area (Å²) in [7, 11) is 2.06. The van der Waals surface area contributed by atoms with Gasteiger partial charge in [0.15, 0.2) is 0 Å². The van der Waals surface area contributed by atoms with Gasteiger partial charge in [0, 0.05) is 34.2 Å². The van der Waals surface area contributed by atoms with E-state index >= 15 is 0 Å². The Morgan fingerprint density at radius 3 is 2.53 bits per heavy atom. The Morgan fingerprint density at radius 1 is 1.37 bits per heavy atom. The van der Waals surface area contributed by atoms with E-state index in [1.165, 1.54) is 18.4 Å². The molecule has 0 spiro atoms. The highest BCUT2D eigenvalue weighted by molar-refractivity contribution is 9.10. The molecule has 1 atom stereocenters. The molecule has 0 amide bonds. The first-order chi connectivity index (χ1) is 8.95. The number of nitrogens with one attached hydrogen (secondary N) is 1. The molecule has 1 aromatic rings. The summed E-state index contributed by atoms with van der Waals surface area (Å²) in [6.07, 6.45) is 2.37. The van der Waals surface area contributed by atoms with E-state index in [4.69, 9.17) is 11.6 Å². The van der Waals surface area contributed by atoms with Gasteiger partial charge in [-0.15, -0.1) is 0 Å². The van der Waals surface area contributed by atoms with Crippen molar-refractivity contribution in [3.8, 4) is 0 Å². The molecule has 4 heteroatoms. The fraction of sp³-hybridized carbons (Fsp3) is 0.600. The van der Waals surface area contributed by atoms with Crippen molar-refractivity contribution in [3.05, 3.63) is 33.3 Å². The zero-order valence-electron chi connectivity index (χ0n) is 11.8. The van der Waals surface area contributed by atoms with Gasteiger partial charge in [0.25, 0.3) is 0 Å². The van der Waals surface area contributed by atoms with Gasteiger partial charge in [0.2, 0.25) is 0 Å². The first kappa shape index (κ1) is 15.3. The van der Waals surface area contributed by atoms with Crippen molar-refractivity contribution in [2.45, 2.75) is 38.3 Å². The Morgan fingerprint density at radius 2 is 2.00 bits per heavy atom. The van der Waals surface area contributed by atoms with Crippen molar-refractivity contribution in [1.29, 1.82) is 0 Å². The van der Waals surface area contributed by atoms with Crippen LogP contribution in [0.15, 0.2) is 22.7 Å². The first-order valence-electron chi connectivity index (χ1n) is 6.83. The SMILES string of the molecule is CNC1(C)CCN(C(C)c2ccc(Br)cc2Cl)CC1. The molecule has 106 valence electrons. The molecule has 1 unspecified atom stereocenters. The lowest BCUT2D eigenvalue weighted by Gasteiger charge is -2.42. The van der Waals surface area contributed by atoms with Crippen molar-refractivity contribution in [2.75, 3.05) is 20.1 Å². The summed E-state index contributed by atoms with van der Waals surface area (Å²) in [6.45, 7) is 6.79. The number of halogens is 2. The fourth-order valence-electron chi connectivity index (χ4n) is 2.69. The summed E-state index contributed by atoms with van der Waals surface area (Å²) in [6, 6.07) is 6.55. The minimum Gasteiger partial charge on any atom is -0.314 e. The van der Waals surface area contributed by atoms with Crippen LogP contribution in [0.4, 0.5) is 0 Å². The second kappa shape index (κ2) is 6.13. The molecule has 1 fully saturated rings. The number of benzene rings is 1. The zero-order chi connectivity index (χ0) is 14.0.